The van der Waals surface area contributed by atoms with E-state index in [4.69, 9.17) is 8.94 Å². The lowest BCUT2D eigenvalue weighted by atomic mass is 10.1. The average molecular weight is 344 g/mol. The Balaban J connectivity index is 1.76. The molecule has 0 aliphatic heterocycles. The smallest absolute Gasteiger partial charge is 0.408 e. The Labute approximate surface area is 143 Å². The molecular formula is C17H20N4O4. The molecule has 0 aliphatic carbocycles. The molecule has 1 aromatic carbocycles. The zero-order valence-corrected chi connectivity index (χ0v) is 14.1. The number of carbonyl (C=O) groups excluding carboxylic acids is 1. The average Bonchev–Trinajstić information content (AvgIpc) is 3.15. The van der Waals surface area contributed by atoms with Gasteiger partial charge >= 0.3 is 5.76 Å². The molecule has 0 saturated carbocycles. The third-order valence-corrected chi connectivity index (χ3v) is 3.80. The summed E-state index contributed by atoms with van der Waals surface area (Å²) in [7, 11) is 0. The van der Waals surface area contributed by atoms with Crippen LogP contribution in [0.5, 0.6) is 0 Å². The molecule has 3 aromatic rings. The second kappa shape index (κ2) is 7.25. The maximum atomic E-state index is 12.6. The lowest BCUT2D eigenvalue weighted by Gasteiger charge is -2.18. The van der Waals surface area contributed by atoms with Crippen molar-refractivity contribution in [2.75, 3.05) is 10.6 Å². The van der Waals surface area contributed by atoms with Crippen LogP contribution < -0.4 is 16.4 Å². The summed E-state index contributed by atoms with van der Waals surface area (Å²) in [5.41, 5.74) is 1.78. The molecule has 1 amide bonds. The van der Waals surface area contributed by atoms with Crippen molar-refractivity contribution in [3.05, 3.63) is 40.6 Å². The highest BCUT2D eigenvalue weighted by atomic mass is 16.5. The molecule has 0 saturated heterocycles. The molecular weight excluding hydrogens is 324 g/mol. The van der Waals surface area contributed by atoms with Gasteiger partial charge in [0.1, 0.15) is 11.8 Å². The predicted octanol–water partition coefficient (Wildman–Crippen LogP) is 3.03. The van der Waals surface area contributed by atoms with Crippen LogP contribution in [0.4, 0.5) is 11.5 Å². The number of nitrogens with zero attached hydrogens (tertiary/aromatic N) is 1. The summed E-state index contributed by atoms with van der Waals surface area (Å²) < 4.78 is 9.95. The monoisotopic (exact) mass is 344 g/mol. The van der Waals surface area contributed by atoms with Gasteiger partial charge in [0.15, 0.2) is 11.4 Å². The van der Waals surface area contributed by atoms with E-state index in [0.29, 0.717) is 29.1 Å². The fourth-order valence-corrected chi connectivity index (χ4v) is 2.56. The highest BCUT2D eigenvalue weighted by molar-refractivity contribution is 5.96. The van der Waals surface area contributed by atoms with E-state index < -0.39 is 11.8 Å². The fraction of sp³-hybridized carbons (Fsp3) is 0.353. The number of benzene rings is 1. The van der Waals surface area contributed by atoms with Crippen LogP contribution in [0.3, 0.4) is 0 Å². The standard InChI is InChI=1S/C17H20N4O4/c1-3-4-5-12(16(22)20-15-8-10(2)25-21-15)18-11-6-7-14-13(9-11)19-17(23)24-14/h6-9,12,18H,3-5H2,1-2H3,(H,19,23)(H,20,21,22)/t12-/m0/s1. The third kappa shape index (κ3) is 4.09. The molecule has 25 heavy (non-hydrogen) atoms. The number of anilines is 2. The summed E-state index contributed by atoms with van der Waals surface area (Å²) >= 11 is 0. The summed E-state index contributed by atoms with van der Waals surface area (Å²) in [4.78, 5) is 26.4. The van der Waals surface area contributed by atoms with Crippen LogP contribution in [0.15, 0.2) is 38.0 Å². The van der Waals surface area contributed by atoms with Crippen molar-refractivity contribution in [3.8, 4) is 0 Å². The predicted molar refractivity (Wildman–Crippen MR) is 93.6 cm³/mol. The van der Waals surface area contributed by atoms with Crippen molar-refractivity contribution < 1.29 is 13.7 Å². The van der Waals surface area contributed by atoms with Gasteiger partial charge in [-0.15, -0.1) is 0 Å². The molecule has 0 spiro atoms. The van der Waals surface area contributed by atoms with E-state index in [1.54, 1.807) is 31.2 Å². The molecule has 8 heteroatoms. The summed E-state index contributed by atoms with van der Waals surface area (Å²) in [6.07, 6.45) is 2.54. The largest absolute Gasteiger partial charge is 0.417 e. The van der Waals surface area contributed by atoms with Crippen molar-refractivity contribution in [2.45, 2.75) is 39.2 Å². The molecule has 2 heterocycles. The van der Waals surface area contributed by atoms with Crippen LogP contribution in [-0.2, 0) is 4.79 Å². The fourth-order valence-electron chi connectivity index (χ4n) is 2.56. The van der Waals surface area contributed by atoms with Gasteiger partial charge in [-0.3, -0.25) is 9.78 Å². The molecule has 2 aromatic heterocycles. The Kier molecular flexibility index (Phi) is 4.87. The molecule has 0 unspecified atom stereocenters. The van der Waals surface area contributed by atoms with Crippen LogP contribution in [0.2, 0.25) is 0 Å². The molecule has 3 N–H and O–H groups in total. The molecule has 0 bridgehead atoms. The van der Waals surface area contributed by atoms with Gasteiger partial charge in [-0.1, -0.05) is 24.9 Å². The number of nitrogens with one attached hydrogen (secondary N) is 3. The van der Waals surface area contributed by atoms with Crippen LogP contribution in [0.1, 0.15) is 31.9 Å². The van der Waals surface area contributed by atoms with E-state index >= 15 is 0 Å². The lowest BCUT2D eigenvalue weighted by Crippen LogP contribution is -2.34. The minimum Gasteiger partial charge on any atom is -0.408 e. The number of unbranched alkanes of at least 4 members (excludes halogenated alkanes) is 1. The van der Waals surface area contributed by atoms with Gasteiger partial charge in [0.25, 0.3) is 0 Å². The number of hydrogen-bond acceptors (Lipinski definition) is 6. The van der Waals surface area contributed by atoms with E-state index in [2.05, 4.69) is 27.7 Å². The van der Waals surface area contributed by atoms with Gasteiger partial charge in [-0.25, -0.2) is 4.79 Å². The first-order valence-corrected chi connectivity index (χ1v) is 8.18. The van der Waals surface area contributed by atoms with Crippen molar-refractivity contribution in [3.63, 3.8) is 0 Å². The van der Waals surface area contributed by atoms with Crippen LogP contribution in [0, 0.1) is 6.92 Å². The van der Waals surface area contributed by atoms with Crippen molar-refractivity contribution >= 4 is 28.5 Å². The number of oxazole rings is 1. The van der Waals surface area contributed by atoms with Gasteiger partial charge < -0.3 is 19.6 Å². The van der Waals surface area contributed by atoms with Crippen molar-refractivity contribution in [1.29, 1.82) is 0 Å². The Bertz CT molecular complexity index is 924. The number of amides is 1. The normalized spacial score (nSPS) is 12.2. The zero-order chi connectivity index (χ0) is 17.8. The first-order chi connectivity index (χ1) is 12.0. The molecule has 3 rings (SSSR count). The molecule has 8 nitrogen and oxygen atoms in total. The third-order valence-electron chi connectivity index (χ3n) is 3.80. The van der Waals surface area contributed by atoms with Crippen molar-refractivity contribution in [2.24, 2.45) is 0 Å². The zero-order valence-electron chi connectivity index (χ0n) is 14.1. The van der Waals surface area contributed by atoms with Crippen LogP contribution in [-0.4, -0.2) is 22.1 Å². The Morgan fingerprint density at radius 3 is 2.92 bits per heavy atom. The molecule has 0 radical (unpaired) electrons. The topological polar surface area (TPSA) is 113 Å². The highest BCUT2D eigenvalue weighted by Gasteiger charge is 2.19. The summed E-state index contributed by atoms with van der Waals surface area (Å²) in [5, 5.41) is 9.74. The number of H-pyrrole nitrogens is 1. The number of aromatic amines is 1. The van der Waals surface area contributed by atoms with E-state index in [0.717, 1.165) is 18.5 Å². The molecule has 132 valence electrons. The number of carbonyl (C=O) groups is 1. The Morgan fingerprint density at radius 1 is 1.36 bits per heavy atom. The minimum absolute atomic E-state index is 0.192. The van der Waals surface area contributed by atoms with Gasteiger partial charge in [-0.2, -0.15) is 0 Å². The van der Waals surface area contributed by atoms with E-state index in [1.807, 2.05) is 0 Å². The second-order valence-electron chi connectivity index (χ2n) is 5.88. The maximum Gasteiger partial charge on any atom is 0.417 e. The van der Waals surface area contributed by atoms with Gasteiger partial charge in [0.05, 0.1) is 5.52 Å². The van der Waals surface area contributed by atoms with E-state index in [9.17, 15) is 9.59 Å². The van der Waals surface area contributed by atoms with Crippen LogP contribution >= 0.6 is 0 Å². The van der Waals surface area contributed by atoms with E-state index in [1.165, 1.54) is 0 Å². The number of hydrogen-bond donors (Lipinski definition) is 3. The summed E-state index contributed by atoms with van der Waals surface area (Å²) in [5.74, 6) is 0.319. The Morgan fingerprint density at radius 2 is 2.20 bits per heavy atom. The lowest BCUT2D eigenvalue weighted by molar-refractivity contribution is -0.117. The highest BCUT2D eigenvalue weighted by Crippen LogP contribution is 2.19. The number of aromatic nitrogens is 2. The summed E-state index contributed by atoms with van der Waals surface area (Å²) in [6.45, 7) is 3.83. The number of rotatable bonds is 7. The first kappa shape index (κ1) is 16.8. The minimum atomic E-state index is -0.506. The quantitative estimate of drug-likeness (QED) is 0.607. The second-order valence-corrected chi connectivity index (χ2v) is 5.88. The maximum absolute atomic E-state index is 12.6. The SMILES string of the molecule is CCCC[C@H](Nc1ccc2oc(=O)[nH]c2c1)C(=O)Nc1cc(C)on1. The van der Waals surface area contributed by atoms with Gasteiger partial charge in [-0.05, 0) is 31.5 Å². The number of aryl methyl sites for hydroxylation is 1. The Hall–Kier alpha value is -3.03. The first-order valence-electron chi connectivity index (χ1n) is 8.18. The van der Waals surface area contributed by atoms with Crippen molar-refractivity contribution in [1.82, 2.24) is 10.1 Å². The molecule has 1 atom stereocenters. The van der Waals surface area contributed by atoms with Gasteiger partial charge in [0.2, 0.25) is 5.91 Å². The van der Waals surface area contributed by atoms with Crippen LogP contribution in [0.25, 0.3) is 11.1 Å². The molecule has 0 fully saturated rings. The van der Waals surface area contributed by atoms with E-state index in [-0.39, 0.29) is 5.91 Å². The number of fused-ring (bicyclic) bond motifs is 1. The van der Waals surface area contributed by atoms with Gasteiger partial charge in [0, 0.05) is 11.8 Å². The molecule has 0 aliphatic rings. The summed E-state index contributed by atoms with van der Waals surface area (Å²) in [6, 6.07) is 6.42.